The minimum absolute atomic E-state index is 0.0556. The van der Waals surface area contributed by atoms with Crippen molar-refractivity contribution in [3.63, 3.8) is 0 Å². The van der Waals surface area contributed by atoms with Gasteiger partial charge in [0.1, 0.15) is 10.9 Å². The molecule has 1 fully saturated rings. The summed E-state index contributed by atoms with van der Waals surface area (Å²) in [7, 11) is 0. The lowest BCUT2D eigenvalue weighted by atomic mass is 10.1. The second-order valence-electron chi connectivity index (χ2n) is 9.96. The molecule has 0 radical (unpaired) electrons. The van der Waals surface area contributed by atoms with Crippen LogP contribution in [0.3, 0.4) is 0 Å². The molecule has 1 aliphatic heterocycles. The minimum atomic E-state index is -0.164. The fourth-order valence-corrected chi connectivity index (χ4v) is 5.83. The Balaban J connectivity index is 1.51. The van der Waals surface area contributed by atoms with Crippen molar-refractivity contribution in [3.8, 4) is 11.3 Å². The maximum absolute atomic E-state index is 13.2. The number of carbonyl (C=O) groups is 2. The van der Waals surface area contributed by atoms with Crippen LogP contribution in [-0.2, 0) is 16.1 Å². The summed E-state index contributed by atoms with van der Waals surface area (Å²) in [5.41, 5.74) is 5.29. The molecule has 39 heavy (non-hydrogen) atoms. The molecule has 2 aromatic carbocycles. The van der Waals surface area contributed by atoms with Gasteiger partial charge in [-0.15, -0.1) is 0 Å². The number of carbonyl (C=O) groups excluding carboxylic acids is 2. The quantitative estimate of drug-likeness (QED) is 0.142. The Hall–Kier alpha value is -3.23. The van der Waals surface area contributed by atoms with E-state index in [1.54, 1.807) is 9.58 Å². The van der Waals surface area contributed by atoms with Crippen LogP contribution in [0.15, 0.2) is 59.6 Å². The van der Waals surface area contributed by atoms with E-state index in [-0.39, 0.29) is 18.4 Å². The second kappa shape index (κ2) is 13.7. The average Bonchev–Trinajstić information content (AvgIpc) is 3.43. The first kappa shape index (κ1) is 28.8. The predicted octanol–water partition coefficient (Wildman–Crippen LogP) is 7.37. The van der Waals surface area contributed by atoms with Gasteiger partial charge < -0.3 is 5.32 Å². The highest BCUT2D eigenvalue weighted by atomic mass is 32.2. The summed E-state index contributed by atoms with van der Waals surface area (Å²) in [6.07, 6.45) is 10.6. The number of thioether (sulfide) groups is 1. The third-order valence-electron chi connectivity index (χ3n) is 6.71. The molecule has 6 nitrogen and oxygen atoms in total. The van der Waals surface area contributed by atoms with E-state index in [1.165, 1.54) is 37.4 Å². The second-order valence-corrected chi connectivity index (χ2v) is 11.6. The lowest BCUT2D eigenvalue weighted by Gasteiger charge is -2.13. The molecule has 0 spiro atoms. The van der Waals surface area contributed by atoms with Crippen molar-refractivity contribution in [1.82, 2.24) is 14.7 Å². The summed E-state index contributed by atoms with van der Waals surface area (Å²) in [4.78, 5) is 28.4. The van der Waals surface area contributed by atoms with Gasteiger partial charge in [-0.25, -0.2) is 0 Å². The van der Waals surface area contributed by atoms with Crippen molar-refractivity contribution in [2.75, 3.05) is 11.9 Å². The fourth-order valence-electron chi connectivity index (χ4n) is 4.54. The highest BCUT2D eigenvalue weighted by Gasteiger charge is 2.32. The van der Waals surface area contributed by atoms with Gasteiger partial charge in [-0.2, -0.15) is 5.10 Å². The van der Waals surface area contributed by atoms with Crippen molar-refractivity contribution in [2.45, 2.75) is 65.8 Å². The largest absolute Gasteiger partial charge is 0.324 e. The Kier molecular flexibility index (Phi) is 10.1. The maximum Gasteiger partial charge on any atom is 0.266 e. The number of nitrogens with zero attached hydrogens (tertiary/aromatic N) is 3. The van der Waals surface area contributed by atoms with Gasteiger partial charge in [-0.3, -0.25) is 19.2 Å². The van der Waals surface area contributed by atoms with Gasteiger partial charge in [0, 0.05) is 29.6 Å². The van der Waals surface area contributed by atoms with Crippen LogP contribution in [-0.4, -0.2) is 37.4 Å². The predicted molar refractivity (Wildman–Crippen MR) is 165 cm³/mol. The van der Waals surface area contributed by atoms with E-state index < -0.39 is 0 Å². The lowest BCUT2D eigenvalue weighted by Crippen LogP contribution is -2.29. The first-order valence-corrected chi connectivity index (χ1v) is 14.8. The van der Waals surface area contributed by atoms with Crippen LogP contribution >= 0.6 is 24.0 Å². The first-order chi connectivity index (χ1) is 18.9. The smallest absolute Gasteiger partial charge is 0.266 e. The van der Waals surface area contributed by atoms with E-state index in [4.69, 9.17) is 17.3 Å². The zero-order chi connectivity index (χ0) is 27.8. The molecule has 1 aromatic heterocycles. The molecule has 3 aromatic rings. The molecule has 2 heterocycles. The maximum atomic E-state index is 13.2. The normalized spacial score (nSPS) is 14.4. The molecule has 1 aliphatic rings. The Morgan fingerprint density at radius 2 is 1.79 bits per heavy atom. The van der Waals surface area contributed by atoms with Gasteiger partial charge in [0.05, 0.1) is 10.6 Å². The zero-order valence-corrected chi connectivity index (χ0v) is 24.5. The van der Waals surface area contributed by atoms with E-state index in [2.05, 4.69) is 12.2 Å². The molecule has 0 saturated carbocycles. The molecule has 8 heteroatoms. The highest BCUT2D eigenvalue weighted by molar-refractivity contribution is 8.26. The number of nitrogens with one attached hydrogen (secondary N) is 1. The Morgan fingerprint density at radius 3 is 2.56 bits per heavy atom. The summed E-state index contributed by atoms with van der Waals surface area (Å²) in [5, 5.41) is 7.73. The molecular weight excluding hydrogens is 525 g/mol. The van der Waals surface area contributed by atoms with Gasteiger partial charge in [-0.1, -0.05) is 105 Å². The van der Waals surface area contributed by atoms with Crippen molar-refractivity contribution in [3.05, 3.63) is 76.3 Å². The summed E-state index contributed by atoms with van der Waals surface area (Å²) >= 11 is 6.89. The van der Waals surface area contributed by atoms with Crippen LogP contribution in [0.5, 0.6) is 0 Å². The molecule has 0 bridgehead atoms. The molecule has 1 saturated heterocycles. The molecule has 4 rings (SSSR count). The average molecular weight is 561 g/mol. The SMILES string of the molecule is CCCCCCCCN1C(=O)/C(=C/c2cn(CC(=O)Nc3cc(C)ccc3C)nc2-c2ccccc2)SC1=S. The highest BCUT2D eigenvalue weighted by Crippen LogP contribution is 2.34. The Labute approximate surface area is 240 Å². The first-order valence-electron chi connectivity index (χ1n) is 13.6. The number of hydrogen-bond acceptors (Lipinski definition) is 5. The molecule has 204 valence electrons. The molecular formula is C31H36N4O2S2. The Morgan fingerprint density at radius 1 is 1.05 bits per heavy atom. The van der Waals surface area contributed by atoms with Gasteiger partial charge in [-0.05, 0) is 43.5 Å². The number of hydrogen-bond donors (Lipinski definition) is 1. The topological polar surface area (TPSA) is 67.2 Å². The van der Waals surface area contributed by atoms with Crippen LogP contribution in [0.25, 0.3) is 17.3 Å². The monoisotopic (exact) mass is 560 g/mol. The molecule has 0 atom stereocenters. The van der Waals surface area contributed by atoms with Crippen molar-refractivity contribution in [1.29, 1.82) is 0 Å². The van der Waals surface area contributed by atoms with E-state index >= 15 is 0 Å². The zero-order valence-electron chi connectivity index (χ0n) is 22.9. The van der Waals surface area contributed by atoms with Gasteiger partial charge in [0.25, 0.3) is 5.91 Å². The molecule has 1 N–H and O–H groups in total. The number of rotatable bonds is 12. The standard InChI is InChI=1S/C31H36N4O2S2/c1-4-5-6-7-8-12-17-35-30(37)27(39-31(35)38)19-25-20-34(33-29(25)24-13-10-9-11-14-24)21-28(36)32-26-18-22(2)15-16-23(26)3/h9-11,13-16,18-20H,4-8,12,17,21H2,1-3H3,(H,32,36)/b27-19-. The van der Waals surface area contributed by atoms with Gasteiger partial charge in [0.15, 0.2) is 0 Å². The van der Waals surface area contributed by atoms with Crippen LogP contribution in [0.1, 0.15) is 62.1 Å². The number of aromatic nitrogens is 2. The Bertz CT molecular complexity index is 1360. The van der Waals surface area contributed by atoms with Gasteiger partial charge in [0.2, 0.25) is 5.91 Å². The van der Waals surface area contributed by atoms with Crippen molar-refractivity contribution in [2.24, 2.45) is 0 Å². The van der Waals surface area contributed by atoms with Crippen LogP contribution in [0.4, 0.5) is 5.69 Å². The molecule has 2 amide bonds. The fraction of sp³-hybridized carbons (Fsp3) is 0.355. The summed E-state index contributed by atoms with van der Waals surface area (Å²) in [6.45, 7) is 6.88. The van der Waals surface area contributed by atoms with E-state index in [0.717, 1.165) is 46.5 Å². The number of anilines is 1. The summed E-state index contributed by atoms with van der Waals surface area (Å²) in [6, 6.07) is 15.8. The van der Waals surface area contributed by atoms with E-state index in [0.29, 0.717) is 15.8 Å². The summed E-state index contributed by atoms with van der Waals surface area (Å²) in [5.74, 6) is -0.222. The number of benzene rings is 2. The van der Waals surface area contributed by atoms with Gasteiger partial charge >= 0.3 is 0 Å². The van der Waals surface area contributed by atoms with Crippen molar-refractivity contribution >= 4 is 51.9 Å². The number of aryl methyl sites for hydroxylation is 2. The number of unbranched alkanes of at least 4 members (excludes halogenated alkanes) is 5. The summed E-state index contributed by atoms with van der Waals surface area (Å²) < 4.78 is 2.23. The van der Waals surface area contributed by atoms with Crippen LogP contribution in [0.2, 0.25) is 0 Å². The van der Waals surface area contributed by atoms with Crippen LogP contribution in [0, 0.1) is 13.8 Å². The molecule has 0 unspecified atom stereocenters. The third-order valence-corrected chi connectivity index (χ3v) is 8.08. The van der Waals surface area contributed by atoms with Crippen LogP contribution < -0.4 is 5.32 Å². The number of thiocarbonyl (C=S) groups is 1. The number of amides is 2. The van der Waals surface area contributed by atoms with E-state index in [1.807, 2.05) is 74.7 Å². The van der Waals surface area contributed by atoms with Crippen molar-refractivity contribution < 1.29 is 9.59 Å². The molecule has 0 aliphatic carbocycles. The lowest BCUT2D eigenvalue weighted by molar-refractivity contribution is -0.122. The van der Waals surface area contributed by atoms with E-state index in [9.17, 15) is 9.59 Å². The minimum Gasteiger partial charge on any atom is -0.324 e. The third kappa shape index (κ3) is 7.67.